The second-order valence-electron chi connectivity index (χ2n) is 4.76. The molecular weight excluding hydrogens is 233 g/mol. The number of hydrogen-bond acceptors (Lipinski definition) is 3. The van der Waals surface area contributed by atoms with Gasteiger partial charge in [-0.3, -0.25) is 4.79 Å². The molecule has 0 heterocycles. The Morgan fingerprint density at radius 2 is 2.33 bits per heavy atom. The molecule has 0 spiro atoms. The van der Waals surface area contributed by atoms with Crippen molar-refractivity contribution >= 4 is 11.6 Å². The van der Waals surface area contributed by atoms with E-state index in [9.17, 15) is 9.18 Å². The summed E-state index contributed by atoms with van der Waals surface area (Å²) in [7, 11) is 1.82. The molecule has 1 aliphatic rings. The van der Waals surface area contributed by atoms with Crippen LogP contribution in [0.5, 0.6) is 0 Å². The zero-order valence-corrected chi connectivity index (χ0v) is 10.4. The number of carbonyl (C=O) groups is 1. The SMILES string of the molecule is CN(CC(NC1CC1)C(N)=O)c1cccc(F)c1. The highest BCUT2D eigenvalue weighted by Gasteiger charge is 2.27. The lowest BCUT2D eigenvalue weighted by Crippen LogP contribution is -2.49. The zero-order valence-electron chi connectivity index (χ0n) is 10.4. The highest BCUT2D eigenvalue weighted by atomic mass is 19.1. The lowest BCUT2D eigenvalue weighted by atomic mass is 10.2. The number of rotatable bonds is 6. The lowest BCUT2D eigenvalue weighted by Gasteiger charge is -2.24. The fourth-order valence-electron chi connectivity index (χ4n) is 1.85. The molecular formula is C13H18FN3O. The number of nitrogens with one attached hydrogen (secondary N) is 1. The van der Waals surface area contributed by atoms with Crippen molar-refractivity contribution in [2.24, 2.45) is 5.73 Å². The minimum atomic E-state index is -0.397. The summed E-state index contributed by atoms with van der Waals surface area (Å²) >= 11 is 0. The van der Waals surface area contributed by atoms with Crippen LogP contribution < -0.4 is 16.0 Å². The van der Waals surface area contributed by atoms with E-state index >= 15 is 0 Å². The van der Waals surface area contributed by atoms with Crippen molar-refractivity contribution in [1.29, 1.82) is 0 Å². The van der Waals surface area contributed by atoms with Gasteiger partial charge in [-0.1, -0.05) is 6.07 Å². The van der Waals surface area contributed by atoms with Crippen molar-refractivity contribution in [3.8, 4) is 0 Å². The maximum atomic E-state index is 13.1. The highest BCUT2D eigenvalue weighted by Crippen LogP contribution is 2.20. The number of likely N-dealkylation sites (N-methyl/N-ethyl adjacent to an activating group) is 1. The molecule has 1 unspecified atom stereocenters. The fraction of sp³-hybridized carbons (Fsp3) is 0.462. The van der Waals surface area contributed by atoms with Gasteiger partial charge in [-0.25, -0.2) is 4.39 Å². The monoisotopic (exact) mass is 251 g/mol. The standard InChI is InChI=1S/C13H18FN3O/c1-17(11-4-2-3-9(14)7-11)8-12(13(15)18)16-10-5-6-10/h2-4,7,10,12,16H,5-6,8H2,1H3,(H2,15,18). The molecule has 1 atom stereocenters. The number of nitrogens with two attached hydrogens (primary N) is 1. The molecule has 3 N–H and O–H groups in total. The molecule has 1 aliphatic carbocycles. The first-order chi connectivity index (χ1) is 8.56. The van der Waals surface area contributed by atoms with Crippen molar-refractivity contribution in [2.75, 3.05) is 18.5 Å². The number of primary amides is 1. The smallest absolute Gasteiger partial charge is 0.236 e. The van der Waals surface area contributed by atoms with Gasteiger partial charge in [0.2, 0.25) is 5.91 Å². The molecule has 0 aromatic heterocycles. The molecule has 1 fully saturated rings. The predicted octanol–water partition coefficient (Wildman–Crippen LogP) is 0.868. The first-order valence-corrected chi connectivity index (χ1v) is 6.08. The topological polar surface area (TPSA) is 58.4 Å². The van der Waals surface area contributed by atoms with Gasteiger partial charge < -0.3 is 16.0 Å². The van der Waals surface area contributed by atoms with E-state index in [1.54, 1.807) is 12.1 Å². The number of anilines is 1. The molecule has 18 heavy (non-hydrogen) atoms. The van der Waals surface area contributed by atoms with E-state index in [1.807, 2.05) is 11.9 Å². The second-order valence-corrected chi connectivity index (χ2v) is 4.76. The third-order valence-electron chi connectivity index (χ3n) is 3.06. The number of amides is 1. The van der Waals surface area contributed by atoms with Crippen LogP contribution >= 0.6 is 0 Å². The predicted molar refractivity (Wildman–Crippen MR) is 68.8 cm³/mol. The summed E-state index contributed by atoms with van der Waals surface area (Å²) in [4.78, 5) is 13.2. The van der Waals surface area contributed by atoms with Gasteiger partial charge >= 0.3 is 0 Å². The fourth-order valence-corrected chi connectivity index (χ4v) is 1.85. The molecule has 0 bridgehead atoms. The van der Waals surface area contributed by atoms with Crippen LogP contribution in [0.15, 0.2) is 24.3 Å². The maximum absolute atomic E-state index is 13.1. The van der Waals surface area contributed by atoms with Crippen LogP contribution in [-0.2, 0) is 4.79 Å². The van der Waals surface area contributed by atoms with Gasteiger partial charge in [-0.15, -0.1) is 0 Å². The van der Waals surface area contributed by atoms with Crippen molar-refractivity contribution < 1.29 is 9.18 Å². The first-order valence-electron chi connectivity index (χ1n) is 6.08. The van der Waals surface area contributed by atoms with E-state index in [2.05, 4.69) is 5.32 Å². The molecule has 1 aromatic rings. The number of hydrogen-bond donors (Lipinski definition) is 2. The molecule has 4 nitrogen and oxygen atoms in total. The Morgan fingerprint density at radius 3 is 2.89 bits per heavy atom. The van der Waals surface area contributed by atoms with Gasteiger partial charge in [-0.2, -0.15) is 0 Å². The van der Waals surface area contributed by atoms with Crippen molar-refractivity contribution in [3.63, 3.8) is 0 Å². The molecule has 98 valence electrons. The van der Waals surface area contributed by atoms with Crippen LogP contribution in [0.4, 0.5) is 10.1 Å². The Labute approximate surface area is 106 Å². The summed E-state index contributed by atoms with van der Waals surface area (Å²) in [6, 6.07) is 6.29. The third-order valence-corrected chi connectivity index (χ3v) is 3.06. The minimum absolute atomic E-state index is 0.287. The van der Waals surface area contributed by atoms with Crippen molar-refractivity contribution in [2.45, 2.75) is 24.9 Å². The van der Waals surface area contributed by atoms with Gasteiger partial charge in [0, 0.05) is 25.3 Å². The van der Waals surface area contributed by atoms with E-state index < -0.39 is 6.04 Å². The Morgan fingerprint density at radius 1 is 1.61 bits per heavy atom. The quantitative estimate of drug-likeness (QED) is 0.788. The Kier molecular flexibility index (Phi) is 3.81. The van der Waals surface area contributed by atoms with Gasteiger partial charge in [0.25, 0.3) is 0 Å². The average Bonchev–Trinajstić information content (AvgIpc) is 3.12. The molecule has 0 aliphatic heterocycles. The second kappa shape index (κ2) is 5.35. The van der Waals surface area contributed by atoms with E-state index in [0.717, 1.165) is 18.5 Å². The molecule has 1 amide bonds. The van der Waals surface area contributed by atoms with E-state index in [-0.39, 0.29) is 11.7 Å². The van der Waals surface area contributed by atoms with Crippen LogP contribution in [0.3, 0.4) is 0 Å². The maximum Gasteiger partial charge on any atom is 0.236 e. The molecule has 0 saturated heterocycles. The first kappa shape index (κ1) is 12.8. The number of carbonyl (C=O) groups excluding carboxylic acids is 1. The summed E-state index contributed by atoms with van der Waals surface area (Å²) in [5, 5.41) is 3.20. The summed E-state index contributed by atoms with van der Waals surface area (Å²) in [5.41, 5.74) is 6.10. The average molecular weight is 251 g/mol. The van der Waals surface area contributed by atoms with E-state index in [4.69, 9.17) is 5.73 Å². The largest absolute Gasteiger partial charge is 0.372 e. The van der Waals surface area contributed by atoms with Crippen LogP contribution in [0.25, 0.3) is 0 Å². The molecule has 1 saturated carbocycles. The Bertz CT molecular complexity index is 434. The van der Waals surface area contributed by atoms with Gasteiger partial charge in [0.15, 0.2) is 0 Å². The van der Waals surface area contributed by atoms with E-state index in [1.165, 1.54) is 12.1 Å². The van der Waals surface area contributed by atoms with Gasteiger partial charge in [-0.05, 0) is 31.0 Å². The van der Waals surface area contributed by atoms with Crippen LogP contribution in [0, 0.1) is 5.82 Å². The van der Waals surface area contributed by atoms with Crippen molar-refractivity contribution in [1.82, 2.24) is 5.32 Å². The number of halogens is 1. The highest BCUT2D eigenvalue weighted by molar-refractivity contribution is 5.80. The van der Waals surface area contributed by atoms with Crippen LogP contribution in [0.1, 0.15) is 12.8 Å². The summed E-state index contributed by atoms with van der Waals surface area (Å²) in [6.07, 6.45) is 2.18. The summed E-state index contributed by atoms with van der Waals surface area (Å²) in [6.45, 7) is 0.440. The third kappa shape index (κ3) is 3.43. The summed E-state index contributed by atoms with van der Waals surface area (Å²) < 4.78 is 13.1. The Hall–Kier alpha value is -1.62. The van der Waals surface area contributed by atoms with Crippen molar-refractivity contribution in [3.05, 3.63) is 30.1 Å². The lowest BCUT2D eigenvalue weighted by molar-refractivity contribution is -0.119. The Balaban J connectivity index is 1.99. The zero-order chi connectivity index (χ0) is 13.1. The van der Waals surface area contributed by atoms with Gasteiger partial charge in [0.05, 0.1) is 0 Å². The van der Waals surface area contributed by atoms with E-state index in [0.29, 0.717) is 12.6 Å². The summed E-state index contributed by atoms with van der Waals surface area (Å²) in [5.74, 6) is -0.657. The van der Waals surface area contributed by atoms with Crippen LogP contribution in [-0.4, -0.2) is 31.6 Å². The number of benzene rings is 1. The molecule has 0 radical (unpaired) electrons. The number of nitrogens with zero attached hydrogens (tertiary/aromatic N) is 1. The molecule has 1 aromatic carbocycles. The molecule has 2 rings (SSSR count). The van der Waals surface area contributed by atoms with Crippen LogP contribution in [0.2, 0.25) is 0 Å². The van der Waals surface area contributed by atoms with Gasteiger partial charge in [0.1, 0.15) is 11.9 Å². The normalized spacial score (nSPS) is 16.3. The molecule has 5 heteroatoms. The minimum Gasteiger partial charge on any atom is -0.372 e.